The Hall–Kier alpha value is -2.49. The fourth-order valence-electron chi connectivity index (χ4n) is 3.49. The van der Waals surface area contributed by atoms with Gasteiger partial charge in [0.25, 0.3) is 5.91 Å². The highest BCUT2D eigenvalue weighted by molar-refractivity contribution is 6.05. The molecule has 1 aromatic heterocycles. The minimum atomic E-state index is 0.0688. The zero-order valence-corrected chi connectivity index (χ0v) is 13.8. The van der Waals surface area contributed by atoms with E-state index in [0.29, 0.717) is 11.8 Å². The first kappa shape index (κ1) is 15.1. The molecule has 0 spiro atoms. The summed E-state index contributed by atoms with van der Waals surface area (Å²) < 4.78 is 11.6. The van der Waals surface area contributed by atoms with E-state index in [0.717, 1.165) is 41.3 Å². The minimum absolute atomic E-state index is 0.0688. The second-order valence-electron chi connectivity index (χ2n) is 6.48. The van der Waals surface area contributed by atoms with Crippen LogP contribution in [0.4, 0.5) is 0 Å². The maximum absolute atomic E-state index is 12.4. The van der Waals surface area contributed by atoms with Crippen LogP contribution in [0.3, 0.4) is 0 Å². The molecule has 4 nitrogen and oxygen atoms in total. The van der Waals surface area contributed by atoms with Crippen molar-refractivity contribution in [3.63, 3.8) is 0 Å². The summed E-state index contributed by atoms with van der Waals surface area (Å²) in [4.78, 5) is 14.3. The van der Waals surface area contributed by atoms with Crippen LogP contribution >= 0.6 is 0 Å². The molecule has 0 unspecified atom stereocenters. The number of fused-ring (bicyclic) bond motifs is 3. The Morgan fingerprint density at radius 1 is 1.17 bits per heavy atom. The van der Waals surface area contributed by atoms with Crippen LogP contribution in [0.5, 0.6) is 5.75 Å². The Kier molecular flexibility index (Phi) is 3.89. The van der Waals surface area contributed by atoms with E-state index < -0.39 is 0 Å². The molecule has 0 saturated carbocycles. The van der Waals surface area contributed by atoms with Crippen molar-refractivity contribution in [2.45, 2.75) is 32.2 Å². The molecule has 2 heterocycles. The number of benzene rings is 2. The van der Waals surface area contributed by atoms with Crippen molar-refractivity contribution >= 4 is 27.8 Å². The highest BCUT2D eigenvalue weighted by Crippen LogP contribution is 2.31. The number of ether oxygens (including phenoxy) is 1. The Balaban J connectivity index is 1.52. The average Bonchev–Trinajstić information content (AvgIpc) is 2.98. The van der Waals surface area contributed by atoms with E-state index >= 15 is 0 Å². The van der Waals surface area contributed by atoms with Gasteiger partial charge >= 0.3 is 0 Å². The largest absolute Gasteiger partial charge is 0.484 e. The quantitative estimate of drug-likeness (QED) is 0.719. The molecule has 1 fully saturated rings. The number of piperidine rings is 1. The highest BCUT2D eigenvalue weighted by Gasteiger charge is 2.23. The van der Waals surface area contributed by atoms with Crippen molar-refractivity contribution in [1.29, 1.82) is 0 Å². The van der Waals surface area contributed by atoms with Crippen LogP contribution in [0, 0.1) is 0 Å². The molecule has 0 radical (unpaired) electrons. The fourth-order valence-corrected chi connectivity index (χ4v) is 3.49. The monoisotopic (exact) mass is 323 g/mol. The van der Waals surface area contributed by atoms with E-state index in [1.165, 1.54) is 6.42 Å². The molecule has 1 aliphatic rings. The zero-order valence-electron chi connectivity index (χ0n) is 13.8. The van der Waals surface area contributed by atoms with E-state index in [2.05, 4.69) is 6.92 Å². The van der Waals surface area contributed by atoms with Gasteiger partial charge in [-0.05, 0) is 50.5 Å². The van der Waals surface area contributed by atoms with E-state index in [9.17, 15) is 4.79 Å². The van der Waals surface area contributed by atoms with Gasteiger partial charge in [0.05, 0.1) is 0 Å². The van der Waals surface area contributed by atoms with Crippen molar-refractivity contribution in [3.05, 3.63) is 42.5 Å². The number of hydrogen-bond donors (Lipinski definition) is 0. The van der Waals surface area contributed by atoms with Gasteiger partial charge in [0.1, 0.15) is 16.9 Å². The molecule has 1 aliphatic heterocycles. The Labute approximate surface area is 141 Å². The third kappa shape index (κ3) is 2.73. The SMILES string of the molecule is C[C@@H]1CCCCN1C(=O)COc1ccc2oc3ccccc3c2c1. The van der Waals surface area contributed by atoms with Crippen LogP contribution in [0.1, 0.15) is 26.2 Å². The summed E-state index contributed by atoms with van der Waals surface area (Å²) in [7, 11) is 0. The number of furan rings is 1. The van der Waals surface area contributed by atoms with E-state index in [-0.39, 0.29) is 12.5 Å². The molecular weight excluding hydrogens is 302 g/mol. The molecular formula is C20H21NO3. The van der Waals surface area contributed by atoms with Gasteiger partial charge in [0.15, 0.2) is 6.61 Å². The van der Waals surface area contributed by atoms with Crippen molar-refractivity contribution in [2.75, 3.05) is 13.2 Å². The zero-order chi connectivity index (χ0) is 16.5. The predicted octanol–water partition coefficient (Wildman–Crippen LogP) is 4.37. The lowest BCUT2D eigenvalue weighted by molar-refractivity contribution is -0.136. The van der Waals surface area contributed by atoms with Gasteiger partial charge in [-0.1, -0.05) is 18.2 Å². The Morgan fingerprint density at radius 2 is 2.00 bits per heavy atom. The number of likely N-dealkylation sites (tertiary alicyclic amines) is 1. The first-order chi connectivity index (χ1) is 11.7. The fraction of sp³-hybridized carbons (Fsp3) is 0.350. The number of para-hydroxylation sites is 1. The van der Waals surface area contributed by atoms with Crippen LogP contribution in [-0.2, 0) is 4.79 Å². The molecule has 1 atom stereocenters. The molecule has 4 heteroatoms. The summed E-state index contributed by atoms with van der Waals surface area (Å²) >= 11 is 0. The van der Waals surface area contributed by atoms with Crippen LogP contribution in [0.2, 0.25) is 0 Å². The molecule has 2 aromatic carbocycles. The van der Waals surface area contributed by atoms with Crippen molar-refractivity contribution in [1.82, 2.24) is 4.90 Å². The Bertz CT molecular complexity index is 883. The maximum Gasteiger partial charge on any atom is 0.260 e. The summed E-state index contributed by atoms with van der Waals surface area (Å²) in [5, 5.41) is 2.08. The Morgan fingerprint density at radius 3 is 2.88 bits per heavy atom. The topological polar surface area (TPSA) is 42.7 Å². The van der Waals surface area contributed by atoms with Crippen LogP contribution in [0.15, 0.2) is 46.9 Å². The van der Waals surface area contributed by atoms with E-state index in [1.807, 2.05) is 47.4 Å². The van der Waals surface area contributed by atoms with Crippen LogP contribution in [0.25, 0.3) is 21.9 Å². The van der Waals surface area contributed by atoms with Gasteiger partial charge in [0, 0.05) is 23.4 Å². The van der Waals surface area contributed by atoms with Crippen LogP contribution < -0.4 is 4.74 Å². The van der Waals surface area contributed by atoms with Gasteiger partial charge in [-0.25, -0.2) is 0 Å². The summed E-state index contributed by atoms with van der Waals surface area (Å²) in [5.41, 5.74) is 1.70. The minimum Gasteiger partial charge on any atom is -0.484 e. The number of nitrogens with zero attached hydrogens (tertiary/aromatic N) is 1. The predicted molar refractivity (Wildman–Crippen MR) is 94.2 cm³/mol. The number of hydrogen-bond acceptors (Lipinski definition) is 3. The molecule has 1 saturated heterocycles. The molecule has 0 bridgehead atoms. The lowest BCUT2D eigenvalue weighted by Gasteiger charge is -2.33. The van der Waals surface area contributed by atoms with E-state index in [4.69, 9.17) is 9.15 Å². The van der Waals surface area contributed by atoms with Crippen LogP contribution in [-0.4, -0.2) is 30.0 Å². The third-order valence-electron chi connectivity index (χ3n) is 4.83. The molecule has 24 heavy (non-hydrogen) atoms. The normalized spacial score (nSPS) is 18.2. The maximum atomic E-state index is 12.4. The number of carbonyl (C=O) groups excluding carboxylic acids is 1. The summed E-state index contributed by atoms with van der Waals surface area (Å²) in [6, 6.07) is 14.0. The highest BCUT2D eigenvalue weighted by atomic mass is 16.5. The van der Waals surface area contributed by atoms with Crippen molar-refractivity contribution in [3.8, 4) is 5.75 Å². The standard InChI is InChI=1S/C20H21NO3/c1-14-6-4-5-11-21(14)20(22)13-23-15-9-10-19-17(12-15)16-7-2-3-8-18(16)24-19/h2-3,7-10,12,14H,4-6,11,13H2,1H3/t14-/m1/s1. The van der Waals surface area contributed by atoms with E-state index in [1.54, 1.807) is 0 Å². The number of rotatable bonds is 3. The molecule has 124 valence electrons. The van der Waals surface area contributed by atoms with Gasteiger partial charge in [-0.2, -0.15) is 0 Å². The lowest BCUT2D eigenvalue weighted by atomic mass is 10.0. The van der Waals surface area contributed by atoms with Gasteiger partial charge in [0.2, 0.25) is 0 Å². The molecule has 0 aliphatic carbocycles. The number of carbonyl (C=O) groups is 1. The molecule has 1 amide bonds. The smallest absolute Gasteiger partial charge is 0.260 e. The summed E-state index contributed by atoms with van der Waals surface area (Å²) in [5.74, 6) is 0.770. The molecule has 3 aromatic rings. The van der Waals surface area contributed by atoms with Gasteiger partial charge in [-0.15, -0.1) is 0 Å². The second-order valence-corrected chi connectivity index (χ2v) is 6.48. The first-order valence-corrected chi connectivity index (χ1v) is 8.56. The summed E-state index contributed by atoms with van der Waals surface area (Å²) in [6.45, 7) is 3.04. The lowest BCUT2D eigenvalue weighted by Crippen LogP contribution is -2.44. The average molecular weight is 323 g/mol. The van der Waals surface area contributed by atoms with Gasteiger partial charge < -0.3 is 14.1 Å². The first-order valence-electron chi connectivity index (χ1n) is 8.56. The van der Waals surface area contributed by atoms with Crippen molar-refractivity contribution in [2.24, 2.45) is 0 Å². The van der Waals surface area contributed by atoms with Gasteiger partial charge in [-0.3, -0.25) is 4.79 Å². The number of amides is 1. The third-order valence-corrected chi connectivity index (χ3v) is 4.83. The second kappa shape index (κ2) is 6.19. The summed E-state index contributed by atoms with van der Waals surface area (Å²) in [6.07, 6.45) is 3.37. The van der Waals surface area contributed by atoms with Crippen molar-refractivity contribution < 1.29 is 13.9 Å². The molecule has 4 rings (SSSR count). The molecule has 0 N–H and O–H groups in total.